The summed E-state index contributed by atoms with van der Waals surface area (Å²) in [6, 6.07) is 1.90. The number of nitrogens with two attached hydrogens (primary N) is 1. The molecule has 0 bridgehead atoms. The number of nitrogens with one attached hydrogen (secondary N) is 1. The first-order chi connectivity index (χ1) is 11.9. The second kappa shape index (κ2) is 7.63. The van der Waals surface area contributed by atoms with E-state index in [9.17, 15) is 4.79 Å². The van der Waals surface area contributed by atoms with Crippen molar-refractivity contribution in [3.8, 4) is 0 Å². The summed E-state index contributed by atoms with van der Waals surface area (Å²) in [6.45, 7) is 9.27. The maximum atomic E-state index is 12.7. The van der Waals surface area contributed by atoms with E-state index in [1.165, 1.54) is 0 Å². The SMILES string of the molecule is CC(C)c1cc(C(=O)N[C@H]2COC[C@@H]2N2CCN(C)CC2)nc(N)n1. The molecule has 3 N–H and O–H groups in total. The number of likely N-dealkylation sites (N-methyl/N-ethyl adjacent to an activating group) is 1. The predicted molar refractivity (Wildman–Crippen MR) is 95.5 cm³/mol. The van der Waals surface area contributed by atoms with Gasteiger partial charge in [-0.2, -0.15) is 0 Å². The Hall–Kier alpha value is -1.77. The van der Waals surface area contributed by atoms with Gasteiger partial charge in [-0.05, 0) is 19.0 Å². The molecule has 3 heterocycles. The smallest absolute Gasteiger partial charge is 0.270 e. The molecule has 0 unspecified atom stereocenters. The Labute approximate surface area is 148 Å². The summed E-state index contributed by atoms with van der Waals surface area (Å²) in [7, 11) is 2.13. The van der Waals surface area contributed by atoms with Gasteiger partial charge in [0.2, 0.25) is 5.95 Å². The molecule has 25 heavy (non-hydrogen) atoms. The van der Waals surface area contributed by atoms with E-state index in [0.29, 0.717) is 18.9 Å². The molecular formula is C17H28N6O2. The van der Waals surface area contributed by atoms with Gasteiger partial charge in [-0.25, -0.2) is 9.97 Å². The van der Waals surface area contributed by atoms with E-state index in [1.807, 2.05) is 13.8 Å². The molecular weight excluding hydrogens is 320 g/mol. The van der Waals surface area contributed by atoms with Gasteiger partial charge in [0.25, 0.3) is 5.91 Å². The molecule has 8 nitrogen and oxygen atoms in total. The van der Waals surface area contributed by atoms with Gasteiger partial charge in [0.1, 0.15) is 5.69 Å². The summed E-state index contributed by atoms with van der Waals surface area (Å²) in [4.78, 5) is 25.7. The van der Waals surface area contributed by atoms with Crippen LogP contribution in [0.15, 0.2) is 6.07 Å². The van der Waals surface area contributed by atoms with Crippen LogP contribution in [-0.2, 0) is 4.74 Å². The quantitative estimate of drug-likeness (QED) is 0.786. The molecule has 8 heteroatoms. The highest BCUT2D eigenvalue weighted by Gasteiger charge is 2.35. The first kappa shape index (κ1) is 18.0. The van der Waals surface area contributed by atoms with Crippen LogP contribution in [0.1, 0.15) is 35.9 Å². The molecule has 2 aliphatic heterocycles. The number of amides is 1. The predicted octanol–water partition coefficient (Wildman–Crippen LogP) is -0.0732. The zero-order chi connectivity index (χ0) is 18.0. The van der Waals surface area contributed by atoms with Crippen LogP contribution in [0.5, 0.6) is 0 Å². The highest BCUT2D eigenvalue weighted by molar-refractivity contribution is 5.92. The molecule has 138 valence electrons. The Bertz CT molecular complexity index is 615. The number of hydrogen-bond acceptors (Lipinski definition) is 7. The molecule has 2 atom stereocenters. The van der Waals surface area contributed by atoms with Crippen molar-refractivity contribution in [1.82, 2.24) is 25.1 Å². The number of rotatable bonds is 4. The van der Waals surface area contributed by atoms with Crippen LogP contribution >= 0.6 is 0 Å². The van der Waals surface area contributed by atoms with Crippen molar-refractivity contribution in [2.75, 3.05) is 52.2 Å². The Balaban J connectivity index is 1.67. The Morgan fingerprint density at radius 3 is 2.68 bits per heavy atom. The fraction of sp³-hybridized carbons (Fsp3) is 0.706. The van der Waals surface area contributed by atoms with E-state index < -0.39 is 0 Å². The topological polar surface area (TPSA) is 96.6 Å². The number of nitrogen functional groups attached to an aromatic ring is 1. The Kier molecular flexibility index (Phi) is 5.51. The van der Waals surface area contributed by atoms with E-state index in [2.05, 4.69) is 32.1 Å². The number of carbonyl (C=O) groups is 1. The lowest BCUT2D eigenvalue weighted by Gasteiger charge is -2.38. The summed E-state index contributed by atoms with van der Waals surface area (Å²) in [5.41, 5.74) is 6.85. The molecule has 0 aromatic carbocycles. The minimum Gasteiger partial charge on any atom is -0.378 e. The van der Waals surface area contributed by atoms with Crippen LogP contribution < -0.4 is 11.1 Å². The third-order valence-corrected chi connectivity index (χ3v) is 4.96. The fourth-order valence-corrected chi connectivity index (χ4v) is 3.33. The van der Waals surface area contributed by atoms with Crippen LogP contribution in [0, 0.1) is 0 Å². The van der Waals surface area contributed by atoms with E-state index in [4.69, 9.17) is 10.5 Å². The summed E-state index contributed by atoms with van der Waals surface area (Å²) >= 11 is 0. The first-order valence-electron chi connectivity index (χ1n) is 8.89. The van der Waals surface area contributed by atoms with Crippen molar-refractivity contribution in [2.45, 2.75) is 31.8 Å². The second-order valence-electron chi connectivity index (χ2n) is 7.21. The zero-order valence-electron chi connectivity index (χ0n) is 15.2. The molecule has 1 aromatic heterocycles. The number of ether oxygens (including phenoxy) is 1. The molecule has 2 fully saturated rings. The van der Waals surface area contributed by atoms with Crippen molar-refractivity contribution in [3.63, 3.8) is 0 Å². The maximum Gasteiger partial charge on any atom is 0.270 e. The molecule has 0 spiro atoms. The molecule has 1 amide bonds. The van der Waals surface area contributed by atoms with E-state index in [1.54, 1.807) is 6.07 Å². The number of anilines is 1. The Morgan fingerprint density at radius 1 is 1.28 bits per heavy atom. The van der Waals surface area contributed by atoms with Gasteiger partial charge in [-0.15, -0.1) is 0 Å². The first-order valence-corrected chi connectivity index (χ1v) is 8.89. The lowest BCUT2D eigenvalue weighted by Crippen LogP contribution is -2.56. The summed E-state index contributed by atoms with van der Waals surface area (Å²) in [6.07, 6.45) is 0. The molecule has 1 aromatic rings. The highest BCUT2D eigenvalue weighted by atomic mass is 16.5. The number of piperazine rings is 1. The second-order valence-corrected chi connectivity index (χ2v) is 7.21. The fourth-order valence-electron chi connectivity index (χ4n) is 3.33. The molecule has 0 aliphatic carbocycles. The highest BCUT2D eigenvalue weighted by Crippen LogP contribution is 2.17. The summed E-state index contributed by atoms with van der Waals surface area (Å²) < 4.78 is 5.64. The van der Waals surface area contributed by atoms with Crippen LogP contribution in [0.25, 0.3) is 0 Å². The standard InChI is InChI=1S/C17H28N6O2/c1-11(2)12-8-13(21-17(18)20-12)16(24)19-14-9-25-10-15(14)23-6-4-22(3)5-7-23/h8,11,14-15H,4-7,9-10H2,1-3H3,(H,19,24)(H2,18,20,21)/t14-,15-/m0/s1. The number of nitrogens with zero attached hydrogens (tertiary/aromatic N) is 4. The van der Waals surface area contributed by atoms with Crippen LogP contribution in [0.4, 0.5) is 5.95 Å². The lowest BCUT2D eigenvalue weighted by molar-refractivity contribution is 0.0826. The average Bonchev–Trinajstić information content (AvgIpc) is 3.03. The normalized spacial score (nSPS) is 25.4. The van der Waals surface area contributed by atoms with E-state index in [-0.39, 0.29) is 29.9 Å². The molecule has 3 rings (SSSR count). The third-order valence-electron chi connectivity index (χ3n) is 4.96. The summed E-state index contributed by atoms with van der Waals surface area (Å²) in [5.74, 6) is 0.102. The minimum atomic E-state index is -0.217. The van der Waals surface area contributed by atoms with Crippen molar-refractivity contribution in [2.24, 2.45) is 0 Å². The van der Waals surface area contributed by atoms with Crippen LogP contribution in [0.3, 0.4) is 0 Å². The third kappa shape index (κ3) is 4.26. The maximum absolute atomic E-state index is 12.7. The van der Waals surface area contributed by atoms with Crippen LogP contribution in [-0.4, -0.2) is 84.2 Å². The zero-order valence-corrected chi connectivity index (χ0v) is 15.2. The van der Waals surface area contributed by atoms with Gasteiger partial charge in [-0.1, -0.05) is 13.8 Å². The Morgan fingerprint density at radius 2 is 2.00 bits per heavy atom. The van der Waals surface area contributed by atoms with Crippen LogP contribution in [0.2, 0.25) is 0 Å². The van der Waals surface area contributed by atoms with Crippen molar-refractivity contribution >= 4 is 11.9 Å². The van der Waals surface area contributed by atoms with E-state index >= 15 is 0 Å². The number of hydrogen-bond donors (Lipinski definition) is 2. The van der Waals surface area contributed by atoms with Gasteiger partial charge < -0.3 is 20.7 Å². The molecule has 2 saturated heterocycles. The van der Waals surface area contributed by atoms with Gasteiger partial charge in [-0.3, -0.25) is 9.69 Å². The molecule has 0 radical (unpaired) electrons. The van der Waals surface area contributed by atoms with Gasteiger partial charge in [0, 0.05) is 31.9 Å². The van der Waals surface area contributed by atoms with Crippen molar-refractivity contribution in [1.29, 1.82) is 0 Å². The van der Waals surface area contributed by atoms with Crippen molar-refractivity contribution < 1.29 is 9.53 Å². The minimum absolute atomic E-state index is 0.0328. The molecule has 0 saturated carbocycles. The largest absolute Gasteiger partial charge is 0.378 e. The average molecular weight is 348 g/mol. The molecule has 2 aliphatic rings. The van der Waals surface area contributed by atoms with Gasteiger partial charge >= 0.3 is 0 Å². The van der Waals surface area contributed by atoms with Gasteiger partial charge in [0.15, 0.2) is 0 Å². The number of carbonyl (C=O) groups excluding carboxylic acids is 1. The lowest BCUT2D eigenvalue weighted by atomic mass is 10.1. The van der Waals surface area contributed by atoms with Crippen molar-refractivity contribution in [3.05, 3.63) is 17.5 Å². The summed E-state index contributed by atoms with van der Waals surface area (Å²) in [5, 5.41) is 3.08. The van der Waals surface area contributed by atoms with Gasteiger partial charge in [0.05, 0.1) is 25.3 Å². The monoisotopic (exact) mass is 348 g/mol. The number of aromatic nitrogens is 2. The van der Waals surface area contributed by atoms with E-state index in [0.717, 1.165) is 31.9 Å².